The summed E-state index contributed by atoms with van der Waals surface area (Å²) in [6.45, 7) is 0. The summed E-state index contributed by atoms with van der Waals surface area (Å²) >= 11 is 0. The lowest BCUT2D eigenvalue weighted by molar-refractivity contribution is 0.627. The Kier molecular flexibility index (Phi) is 2.67. The largest absolute Gasteiger partial charge is 0.206 e. The summed E-state index contributed by atoms with van der Waals surface area (Å²) in [5, 5.41) is 2.42. The maximum absolute atomic E-state index is 13.5. The molecule has 0 aromatic heterocycles. The normalized spacial score (nSPS) is 12.7. The van der Waals surface area contributed by atoms with Gasteiger partial charge in [0.05, 0.1) is 22.8 Å². The first-order valence-electron chi connectivity index (χ1n) is 6.91. The Bertz CT molecular complexity index is 901. The van der Waals surface area contributed by atoms with Gasteiger partial charge in [0.1, 0.15) is 5.82 Å². The minimum Gasteiger partial charge on any atom is -0.206 e. The van der Waals surface area contributed by atoms with Crippen LogP contribution in [0.1, 0.15) is 16.7 Å². The number of hydrogen-bond acceptors (Lipinski definition) is 0. The van der Waals surface area contributed by atoms with E-state index in [1.165, 1.54) is 22.4 Å². The van der Waals surface area contributed by atoms with Crippen molar-refractivity contribution in [2.24, 2.45) is 0 Å². The molecule has 0 spiro atoms. The summed E-state index contributed by atoms with van der Waals surface area (Å²) in [5.41, 5.74) is 4.07. The predicted molar refractivity (Wildman–Crippen MR) is 85.1 cm³/mol. The van der Waals surface area contributed by atoms with Crippen molar-refractivity contribution in [3.63, 3.8) is 0 Å². The summed E-state index contributed by atoms with van der Waals surface area (Å²) in [6, 6.07) is 19.2. The zero-order valence-electron chi connectivity index (χ0n) is 11.3. The maximum Gasteiger partial charge on any atom is 0.163 e. The molecule has 4 rings (SSSR count). The first-order valence-corrected chi connectivity index (χ1v) is 6.91. The van der Waals surface area contributed by atoms with Crippen molar-refractivity contribution in [3.05, 3.63) is 95.3 Å². The molecular formula is C20H12F+. The molecule has 0 amide bonds. The first kappa shape index (κ1) is 12.0. The van der Waals surface area contributed by atoms with Gasteiger partial charge in [0.25, 0.3) is 0 Å². The number of fused-ring (bicyclic) bond motifs is 3. The van der Waals surface area contributed by atoms with E-state index in [0.29, 0.717) is 0 Å². The van der Waals surface area contributed by atoms with Gasteiger partial charge in [-0.3, -0.25) is 0 Å². The highest BCUT2D eigenvalue weighted by Gasteiger charge is 2.22. The molecule has 0 bridgehead atoms. The first-order chi connectivity index (χ1) is 10.3. The van der Waals surface area contributed by atoms with E-state index in [0.717, 1.165) is 16.7 Å². The van der Waals surface area contributed by atoms with Crippen molar-refractivity contribution in [2.75, 3.05) is 0 Å². The summed E-state index contributed by atoms with van der Waals surface area (Å²) in [7, 11) is 0. The molecule has 0 saturated carbocycles. The molecule has 0 N–H and O–H groups in total. The van der Waals surface area contributed by atoms with Crippen molar-refractivity contribution in [1.29, 1.82) is 0 Å². The van der Waals surface area contributed by atoms with Crippen molar-refractivity contribution in [1.82, 2.24) is 0 Å². The quantitative estimate of drug-likeness (QED) is 0.531. The highest BCUT2D eigenvalue weighted by molar-refractivity contribution is 5.99. The Hall–Kier alpha value is -2.76. The van der Waals surface area contributed by atoms with E-state index in [1.54, 1.807) is 12.1 Å². The second-order valence-corrected chi connectivity index (χ2v) is 5.11. The summed E-state index contributed by atoms with van der Waals surface area (Å²) in [4.78, 5) is 0. The van der Waals surface area contributed by atoms with E-state index in [9.17, 15) is 4.39 Å². The summed E-state index contributed by atoms with van der Waals surface area (Å²) < 4.78 is 13.5. The van der Waals surface area contributed by atoms with Crippen LogP contribution < -0.4 is 0 Å². The monoisotopic (exact) mass is 271 g/mol. The standard InChI is InChI=1S/C20H12F/c21-16-7-3-6-15(13-16)18-9-4-10-19-17-8-2-1-5-14(17)11-12-20(18)19/h1-8,10-13H/q+1. The Morgan fingerprint density at radius 3 is 2.67 bits per heavy atom. The van der Waals surface area contributed by atoms with Gasteiger partial charge in [-0.2, -0.15) is 0 Å². The molecule has 0 fully saturated rings. The smallest absolute Gasteiger partial charge is 0.163 e. The van der Waals surface area contributed by atoms with Crippen LogP contribution in [0.4, 0.5) is 4.39 Å². The predicted octanol–water partition coefficient (Wildman–Crippen LogP) is 5.24. The molecule has 1 heteroatoms. The lowest BCUT2D eigenvalue weighted by Crippen LogP contribution is -1.96. The number of rotatable bonds is 1. The van der Waals surface area contributed by atoms with Crippen LogP contribution in [0.5, 0.6) is 0 Å². The van der Waals surface area contributed by atoms with Crippen molar-refractivity contribution < 1.29 is 4.39 Å². The molecule has 0 radical (unpaired) electrons. The Balaban J connectivity index is 1.97. The average Bonchev–Trinajstić information content (AvgIpc) is 2.54. The van der Waals surface area contributed by atoms with Gasteiger partial charge in [-0.05, 0) is 35.7 Å². The topological polar surface area (TPSA) is 0 Å². The number of benzene rings is 3. The van der Waals surface area contributed by atoms with Crippen LogP contribution in [-0.4, -0.2) is 0 Å². The molecule has 0 saturated heterocycles. The fourth-order valence-electron chi connectivity index (χ4n) is 2.86. The molecule has 0 aliphatic heterocycles. The van der Waals surface area contributed by atoms with Gasteiger partial charge < -0.3 is 0 Å². The van der Waals surface area contributed by atoms with Crippen LogP contribution in [-0.2, 0) is 0 Å². The van der Waals surface area contributed by atoms with Gasteiger partial charge in [0.15, 0.2) is 5.57 Å². The molecule has 21 heavy (non-hydrogen) atoms. The van der Waals surface area contributed by atoms with Gasteiger partial charge in [-0.25, -0.2) is 4.39 Å². The maximum atomic E-state index is 13.5. The molecule has 1 aliphatic rings. The lowest BCUT2D eigenvalue weighted by Gasteiger charge is -2.09. The summed E-state index contributed by atoms with van der Waals surface area (Å²) in [5.74, 6) is -0.223. The third-order valence-corrected chi connectivity index (χ3v) is 3.83. The zero-order chi connectivity index (χ0) is 14.2. The second kappa shape index (κ2) is 4.66. The highest BCUT2D eigenvalue weighted by atomic mass is 19.1. The van der Waals surface area contributed by atoms with E-state index < -0.39 is 0 Å². The van der Waals surface area contributed by atoms with Crippen LogP contribution in [0.15, 0.2) is 66.7 Å². The minimum absolute atomic E-state index is 0.223. The van der Waals surface area contributed by atoms with E-state index in [2.05, 4.69) is 36.4 Å². The van der Waals surface area contributed by atoms with Crippen LogP contribution in [0.2, 0.25) is 0 Å². The molecule has 0 unspecified atom stereocenters. The van der Waals surface area contributed by atoms with Crippen LogP contribution in [0.3, 0.4) is 0 Å². The van der Waals surface area contributed by atoms with Gasteiger partial charge in [-0.1, -0.05) is 24.3 Å². The Labute approximate surface area is 122 Å². The second-order valence-electron chi connectivity index (χ2n) is 5.11. The number of hydrogen-bond donors (Lipinski definition) is 0. The van der Waals surface area contributed by atoms with Crippen LogP contribution >= 0.6 is 0 Å². The molecule has 0 nitrogen and oxygen atoms in total. The van der Waals surface area contributed by atoms with Gasteiger partial charge in [0.2, 0.25) is 0 Å². The van der Waals surface area contributed by atoms with Crippen LogP contribution in [0, 0.1) is 11.9 Å². The number of allylic oxidation sites excluding steroid dienone is 2. The lowest BCUT2D eigenvalue weighted by atomic mass is 9.87. The summed E-state index contributed by atoms with van der Waals surface area (Å²) in [6.07, 6.45) is 7.23. The molecule has 1 aliphatic carbocycles. The van der Waals surface area contributed by atoms with Gasteiger partial charge in [-0.15, -0.1) is 0 Å². The zero-order valence-corrected chi connectivity index (χ0v) is 11.3. The molecule has 98 valence electrons. The molecule has 0 heterocycles. The third kappa shape index (κ3) is 1.96. The van der Waals surface area contributed by atoms with Crippen molar-refractivity contribution in [2.45, 2.75) is 0 Å². The van der Waals surface area contributed by atoms with E-state index in [-0.39, 0.29) is 5.82 Å². The SMILES string of the molecule is Fc1cccc(C2=[C+]C=Cc3c2ccc2ccccc32)c1. The van der Waals surface area contributed by atoms with Crippen molar-refractivity contribution >= 4 is 22.4 Å². The van der Waals surface area contributed by atoms with Gasteiger partial charge in [0, 0.05) is 23.6 Å². The van der Waals surface area contributed by atoms with E-state index >= 15 is 0 Å². The third-order valence-electron chi connectivity index (χ3n) is 3.83. The van der Waals surface area contributed by atoms with Crippen LogP contribution in [0.25, 0.3) is 22.4 Å². The Morgan fingerprint density at radius 1 is 0.857 bits per heavy atom. The highest BCUT2D eigenvalue weighted by Crippen LogP contribution is 2.34. The average molecular weight is 271 g/mol. The molecule has 0 atom stereocenters. The van der Waals surface area contributed by atoms with Gasteiger partial charge >= 0.3 is 0 Å². The van der Waals surface area contributed by atoms with E-state index in [4.69, 9.17) is 0 Å². The molecule has 3 aromatic rings. The molecular weight excluding hydrogens is 259 g/mol. The number of halogens is 1. The van der Waals surface area contributed by atoms with Crippen molar-refractivity contribution in [3.8, 4) is 0 Å². The Morgan fingerprint density at radius 2 is 1.76 bits per heavy atom. The minimum atomic E-state index is -0.223. The molecule has 3 aromatic carbocycles. The fourth-order valence-corrected chi connectivity index (χ4v) is 2.86. The van der Waals surface area contributed by atoms with E-state index in [1.807, 2.05) is 24.3 Å². The fraction of sp³-hybridized carbons (Fsp3) is 0.